The zero-order valence-corrected chi connectivity index (χ0v) is 19.3. The maximum Gasteiger partial charge on any atom is 0.307 e. The Morgan fingerprint density at radius 1 is 1.00 bits per heavy atom. The van der Waals surface area contributed by atoms with Crippen LogP contribution in [0.3, 0.4) is 0 Å². The summed E-state index contributed by atoms with van der Waals surface area (Å²) in [7, 11) is 0. The summed E-state index contributed by atoms with van der Waals surface area (Å²) >= 11 is 0. The van der Waals surface area contributed by atoms with E-state index in [1.807, 2.05) is 59.2 Å². The van der Waals surface area contributed by atoms with Gasteiger partial charge < -0.3 is 16.2 Å². The first-order chi connectivity index (χ1) is 17.4. The number of nitrogen functional groups attached to an aromatic ring is 1. The first kappa shape index (κ1) is 22.7. The highest BCUT2D eigenvalue weighted by Gasteiger charge is 2.19. The molecule has 0 saturated carbocycles. The molecule has 0 spiro atoms. The number of carbonyl (C=O) groups excluding carboxylic acids is 1. The van der Waals surface area contributed by atoms with Crippen molar-refractivity contribution in [3.05, 3.63) is 84.6 Å². The molecule has 9 heteroatoms. The molecule has 0 atom stereocenters. The molecule has 36 heavy (non-hydrogen) atoms. The van der Waals surface area contributed by atoms with E-state index in [-0.39, 0.29) is 12.3 Å². The minimum atomic E-state index is -0.896. The molecule has 0 bridgehead atoms. The fourth-order valence-corrected chi connectivity index (χ4v) is 4.05. The normalized spacial score (nSPS) is 10.9. The number of nitrogens with one attached hydrogen (secondary N) is 1. The molecule has 9 nitrogen and oxygen atoms in total. The fraction of sp³-hybridized carbons (Fsp3) is 0.0741. The van der Waals surface area contributed by atoms with Crippen molar-refractivity contribution in [1.82, 2.24) is 19.5 Å². The molecular formula is C27H22N6O3. The zero-order chi connectivity index (χ0) is 25.2. The summed E-state index contributed by atoms with van der Waals surface area (Å²) in [5.74, 6) is -0.149. The van der Waals surface area contributed by atoms with Gasteiger partial charge in [0, 0.05) is 30.1 Å². The van der Waals surface area contributed by atoms with Gasteiger partial charge >= 0.3 is 5.97 Å². The molecule has 0 unspecified atom stereocenters. The quantitative estimate of drug-likeness (QED) is 0.331. The predicted octanol–water partition coefficient (Wildman–Crippen LogP) is 4.32. The van der Waals surface area contributed by atoms with E-state index >= 15 is 0 Å². The van der Waals surface area contributed by atoms with Crippen LogP contribution in [0.15, 0.2) is 79.0 Å². The van der Waals surface area contributed by atoms with Gasteiger partial charge in [-0.3, -0.25) is 14.2 Å². The number of anilines is 2. The van der Waals surface area contributed by atoms with Crippen LogP contribution in [0.2, 0.25) is 0 Å². The molecular weight excluding hydrogens is 456 g/mol. The summed E-state index contributed by atoms with van der Waals surface area (Å²) in [5, 5.41) is 11.9. The number of fused-ring (bicyclic) bond motifs is 1. The van der Waals surface area contributed by atoms with Crippen molar-refractivity contribution in [1.29, 1.82) is 0 Å². The van der Waals surface area contributed by atoms with Crippen LogP contribution < -0.4 is 11.1 Å². The maximum absolute atomic E-state index is 11.5. The Morgan fingerprint density at radius 3 is 2.53 bits per heavy atom. The number of hydrogen-bond donors (Lipinski definition) is 3. The highest BCUT2D eigenvalue weighted by molar-refractivity contribution is 5.90. The number of amides is 1. The summed E-state index contributed by atoms with van der Waals surface area (Å²) in [4.78, 5) is 36.6. The minimum Gasteiger partial charge on any atom is -0.481 e. The van der Waals surface area contributed by atoms with Crippen LogP contribution in [-0.2, 0) is 16.0 Å². The van der Waals surface area contributed by atoms with Crippen LogP contribution in [0.25, 0.3) is 39.5 Å². The van der Waals surface area contributed by atoms with E-state index in [1.54, 1.807) is 24.4 Å². The molecule has 2 aromatic carbocycles. The molecule has 3 aromatic heterocycles. The zero-order valence-electron chi connectivity index (χ0n) is 19.3. The number of nitrogens with two attached hydrogens (primary N) is 1. The summed E-state index contributed by atoms with van der Waals surface area (Å²) < 4.78 is 1.88. The first-order valence-electron chi connectivity index (χ1n) is 11.2. The average Bonchev–Trinajstić information content (AvgIpc) is 3.23. The Kier molecular flexibility index (Phi) is 5.87. The monoisotopic (exact) mass is 478 g/mol. The molecule has 1 amide bonds. The maximum atomic E-state index is 11.5. The van der Waals surface area contributed by atoms with Gasteiger partial charge in [0.25, 0.3) is 0 Å². The van der Waals surface area contributed by atoms with Crippen molar-refractivity contribution in [3.63, 3.8) is 0 Å². The number of carbonyl (C=O) groups is 2. The van der Waals surface area contributed by atoms with Crippen LogP contribution in [-0.4, -0.2) is 36.5 Å². The summed E-state index contributed by atoms with van der Waals surface area (Å²) in [6.45, 7) is 1.46. The number of nitrogens with zero attached hydrogens (tertiary/aromatic N) is 4. The number of hydrogen-bond acceptors (Lipinski definition) is 6. The summed E-state index contributed by atoms with van der Waals surface area (Å²) in [6.07, 6.45) is 1.55. The topological polar surface area (TPSA) is 136 Å². The summed E-state index contributed by atoms with van der Waals surface area (Å²) in [6, 6.07) is 22.0. The van der Waals surface area contributed by atoms with E-state index in [0.717, 1.165) is 11.3 Å². The Bertz CT molecular complexity index is 1610. The number of carboxylic acid groups (broad SMARTS) is 1. The standard InChI is InChI=1S/C27H22N6O3/c1-16(34)30-19-5-2-4-18(15-19)22-11-12-23-27(31-22)33(20-9-7-17(8-10-20)14-24(35)36)26(32-23)21-6-3-13-29-25(21)28/h2-13,15H,14H2,1H3,(H2,28,29)(H,30,34)(H,35,36). The molecule has 0 aliphatic heterocycles. The van der Waals surface area contributed by atoms with Crippen LogP contribution in [0.1, 0.15) is 12.5 Å². The number of imidazole rings is 1. The molecule has 178 valence electrons. The Morgan fingerprint density at radius 2 is 1.81 bits per heavy atom. The predicted molar refractivity (Wildman–Crippen MR) is 138 cm³/mol. The van der Waals surface area contributed by atoms with Gasteiger partial charge in [0.2, 0.25) is 5.91 Å². The first-order valence-corrected chi connectivity index (χ1v) is 11.2. The highest BCUT2D eigenvalue weighted by Crippen LogP contribution is 2.32. The van der Waals surface area contributed by atoms with E-state index in [1.165, 1.54) is 6.92 Å². The lowest BCUT2D eigenvalue weighted by Gasteiger charge is -2.11. The molecule has 0 aliphatic carbocycles. The van der Waals surface area contributed by atoms with E-state index in [4.69, 9.17) is 20.8 Å². The highest BCUT2D eigenvalue weighted by atomic mass is 16.4. The largest absolute Gasteiger partial charge is 0.481 e. The Labute approximate surface area is 206 Å². The van der Waals surface area contributed by atoms with Gasteiger partial charge in [-0.1, -0.05) is 24.3 Å². The number of rotatable bonds is 6. The van der Waals surface area contributed by atoms with Gasteiger partial charge in [-0.05, 0) is 54.1 Å². The molecule has 0 aliphatic rings. The van der Waals surface area contributed by atoms with Gasteiger partial charge in [0.05, 0.1) is 17.7 Å². The lowest BCUT2D eigenvalue weighted by Crippen LogP contribution is -2.05. The van der Waals surface area contributed by atoms with Gasteiger partial charge in [0.1, 0.15) is 11.3 Å². The molecule has 0 radical (unpaired) electrons. The number of benzene rings is 2. The third-order valence-electron chi connectivity index (χ3n) is 5.61. The van der Waals surface area contributed by atoms with Gasteiger partial charge in [-0.25, -0.2) is 15.0 Å². The van der Waals surface area contributed by atoms with Crippen molar-refractivity contribution in [2.75, 3.05) is 11.1 Å². The second-order valence-corrected chi connectivity index (χ2v) is 8.25. The van der Waals surface area contributed by atoms with Crippen LogP contribution in [0.4, 0.5) is 11.5 Å². The van der Waals surface area contributed by atoms with Crippen LogP contribution in [0, 0.1) is 0 Å². The van der Waals surface area contributed by atoms with Crippen molar-refractivity contribution in [2.45, 2.75) is 13.3 Å². The summed E-state index contributed by atoms with van der Waals surface area (Å²) in [5.41, 5.74) is 11.7. The molecule has 0 saturated heterocycles. The molecule has 4 N–H and O–H groups in total. The third-order valence-corrected chi connectivity index (χ3v) is 5.61. The van der Waals surface area contributed by atoms with Gasteiger partial charge in [-0.15, -0.1) is 0 Å². The minimum absolute atomic E-state index is 0.0690. The van der Waals surface area contributed by atoms with E-state index in [2.05, 4.69) is 10.3 Å². The van der Waals surface area contributed by atoms with E-state index in [0.29, 0.717) is 45.3 Å². The second kappa shape index (κ2) is 9.30. The van der Waals surface area contributed by atoms with Crippen LogP contribution in [0.5, 0.6) is 0 Å². The lowest BCUT2D eigenvalue weighted by atomic mass is 10.1. The van der Waals surface area contributed by atoms with E-state index in [9.17, 15) is 9.59 Å². The SMILES string of the molecule is CC(=O)Nc1cccc(-c2ccc3nc(-c4cccnc4N)n(-c4ccc(CC(=O)O)cc4)c3n2)c1. The number of aromatic nitrogens is 4. The van der Waals surface area contributed by atoms with Gasteiger partial charge in [0.15, 0.2) is 11.5 Å². The molecule has 5 rings (SSSR count). The van der Waals surface area contributed by atoms with Crippen molar-refractivity contribution in [2.24, 2.45) is 0 Å². The number of aliphatic carboxylic acids is 1. The lowest BCUT2D eigenvalue weighted by molar-refractivity contribution is -0.136. The molecule has 3 heterocycles. The van der Waals surface area contributed by atoms with E-state index < -0.39 is 5.97 Å². The Hall–Kier alpha value is -5.05. The number of pyridine rings is 2. The smallest absolute Gasteiger partial charge is 0.307 e. The Balaban J connectivity index is 1.69. The third kappa shape index (κ3) is 4.49. The van der Waals surface area contributed by atoms with Crippen LogP contribution >= 0.6 is 0 Å². The fourth-order valence-electron chi connectivity index (χ4n) is 4.05. The average molecular weight is 479 g/mol. The molecule has 5 aromatic rings. The number of carboxylic acids is 1. The van der Waals surface area contributed by atoms with Crippen molar-refractivity contribution >= 4 is 34.5 Å². The second-order valence-electron chi connectivity index (χ2n) is 8.25. The van der Waals surface area contributed by atoms with Crippen molar-refractivity contribution < 1.29 is 14.7 Å². The molecule has 0 fully saturated rings. The van der Waals surface area contributed by atoms with Gasteiger partial charge in [-0.2, -0.15) is 0 Å². The van der Waals surface area contributed by atoms with Crippen molar-refractivity contribution in [3.8, 4) is 28.3 Å².